The predicted molar refractivity (Wildman–Crippen MR) is 339 cm³/mol. The van der Waals surface area contributed by atoms with E-state index in [0.29, 0.717) is 25.7 Å². The van der Waals surface area contributed by atoms with Crippen LogP contribution in [0.1, 0.15) is 201 Å². The summed E-state index contributed by atoms with van der Waals surface area (Å²) in [5.74, 6) is -3.33. The Hall–Kier alpha value is -5.92. The third kappa shape index (κ3) is 46.2. The lowest BCUT2D eigenvalue weighted by molar-refractivity contribution is -0.301. The monoisotopic (exact) mass is 1150 g/mol. The summed E-state index contributed by atoms with van der Waals surface area (Å²) in [6.45, 7) is 5.57. The number of carboxylic acids is 1. The third-order valence-corrected chi connectivity index (χ3v) is 12.8. The van der Waals surface area contributed by atoms with Crippen LogP contribution in [0, 0.1) is 0 Å². The summed E-state index contributed by atoms with van der Waals surface area (Å²) in [6, 6.07) is 0. The second-order valence-electron chi connectivity index (χ2n) is 20.2. The fourth-order valence-corrected chi connectivity index (χ4v) is 8.14. The summed E-state index contributed by atoms with van der Waals surface area (Å²) in [4.78, 5) is 51.3. The predicted octanol–water partition coefficient (Wildman–Crippen LogP) is 16.7. The van der Waals surface area contributed by atoms with E-state index in [0.717, 1.165) is 135 Å². The molecule has 0 saturated carbocycles. The van der Waals surface area contributed by atoms with Crippen LogP contribution in [0.2, 0.25) is 0 Å². The van der Waals surface area contributed by atoms with Gasteiger partial charge in [-0.2, -0.15) is 0 Å². The molecule has 1 fully saturated rings. The third-order valence-electron chi connectivity index (χ3n) is 12.8. The van der Waals surface area contributed by atoms with Crippen LogP contribution in [0.4, 0.5) is 0 Å². The van der Waals surface area contributed by atoms with Crippen LogP contribution in [0.25, 0.3) is 0 Å². The first kappa shape index (κ1) is 75.1. The smallest absolute Gasteiger partial charge is 0.335 e. The van der Waals surface area contributed by atoms with E-state index in [1.54, 1.807) is 0 Å². The van der Waals surface area contributed by atoms with E-state index in [9.17, 15) is 34.5 Å². The quantitative estimate of drug-likeness (QED) is 0.0228. The van der Waals surface area contributed by atoms with Crippen molar-refractivity contribution >= 4 is 23.9 Å². The number of hydrogen-bond donors (Lipinski definition) is 3. The zero-order valence-corrected chi connectivity index (χ0v) is 50.9. The highest BCUT2D eigenvalue weighted by atomic mass is 16.7. The number of aliphatic hydroxyl groups excluding tert-OH is 2. The van der Waals surface area contributed by atoms with Crippen molar-refractivity contribution < 1.29 is 58.2 Å². The average molecular weight is 1150 g/mol. The van der Waals surface area contributed by atoms with Crippen LogP contribution < -0.4 is 0 Å². The van der Waals surface area contributed by atoms with E-state index in [2.05, 4.69) is 173 Å². The summed E-state index contributed by atoms with van der Waals surface area (Å²) in [5, 5.41) is 31.5. The van der Waals surface area contributed by atoms with Gasteiger partial charge in [-0.25, -0.2) is 4.79 Å². The molecule has 12 nitrogen and oxygen atoms in total. The summed E-state index contributed by atoms with van der Waals surface area (Å²) in [5.41, 5.74) is 0. The Balaban J connectivity index is 2.77. The zero-order chi connectivity index (χ0) is 60.3. The van der Waals surface area contributed by atoms with Crippen LogP contribution in [-0.4, -0.2) is 89.2 Å². The largest absolute Gasteiger partial charge is 0.479 e. The molecule has 0 aliphatic carbocycles. The van der Waals surface area contributed by atoms with Crippen LogP contribution in [0.3, 0.4) is 0 Å². The van der Waals surface area contributed by atoms with Gasteiger partial charge in [-0.1, -0.05) is 217 Å². The van der Waals surface area contributed by atoms with Crippen molar-refractivity contribution in [1.82, 2.24) is 0 Å². The van der Waals surface area contributed by atoms with Crippen molar-refractivity contribution in [3.63, 3.8) is 0 Å². The first-order valence-corrected chi connectivity index (χ1v) is 31.1. The molecule has 0 aromatic rings. The summed E-state index contributed by atoms with van der Waals surface area (Å²) in [7, 11) is 0. The second kappa shape index (κ2) is 56.6. The first-order valence-electron chi connectivity index (χ1n) is 31.1. The Morgan fingerprint density at radius 1 is 0.398 bits per heavy atom. The minimum Gasteiger partial charge on any atom is -0.479 e. The van der Waals surface area contributed by atoms with Crippen LogP contribution in [-0.2, 0) is 42.9 Å². The minimum absolute atomic E-state index is 0.0809. The Morgan fingerprint density at radius 3 is 1.13 bits per heavy atom. The molecule has 1 saturated heterocycles. The maximum Gasteiger partial charge on any atom is 0.335 e. The van der Waals surface area contributed by atoms with Crippen LogP contribution in [0.5, 0.6) is 0 Å². The number of hydrogen-bond acceptors (Lipinski definition) is 11. The molecule has 1 heterocycles. The van der Waals surface area contributed by atoms with Crippen molar-refractivity contribution in [2.45, 2.75) is 237 Å². The second-order valence-corrected chi connectivity index (χ2v) is 20.2. The van der Waals surface area contributed by atoms with E-state index < -0.39 is 67.3 Å². The molecule has 462 valence electrons. The van der Waals surface area contributed by atoms with Crippen molar-refractivity contribution in [1.29, 1.82) is 0 Å². The van der Waals surface area contributed by atoms with Gasteiger partial charge >= 0.3 is 23.9 Å². The van der Waals surface area contributed by atoms with Gasteiger partial charge in [0.25, 0.3) is 0 Å². The molecule has 0 bridgehead atoms. The molecule has 1 aliphatic heterocycles. The number of ether oxygens (including phenoxy) is 5. The molecule has 6 unspecified atom stereocenters. The van der Waals surface area contributed by atoms with E-state index in [-0.39, 0.29) is 25.9 Å². The maximum absolute atomic E-state index is 13.2. The maximum atomic E-state index is 13.2. The van der Waals surface area contributed by atoms with Crippen molar-refractivity contribution in [3.8, 4) is 0 Å². The molecule has 1 aliphatic rings. The minimum atomic E-state index is -1.95. The molecule has 83 heavy (non-hydrogen) atoms. The van der Waals surface area contributed by atoms with Gasteiger partial charge in [0.05, 0.1) is 6.61 Å². The highest BCUT2D eigenvalue weighted by molar-refractivity contribution is 5.74. The highest BCUT2D eigenvalue weighted by Crippen LogP contribution is 2.26. The standard InChI is InChI=1S/C71H106O12/c1-4-7-10-13-16-19-22-25-28-31-32-35-38-41-44-47-50-53-56-59-65(74)82-69-67(76)66(75)68(70(77)78)83-71(69)80-61-62(81-64(73)58-55-52-49-46-43-40-37-34-30-27-24-21-18-15-12-9-6-3)60-79-63(72)57-54-51-48-45-42-39-36-33-29-26-23-20-17-14-11-8-5-2/h7-12,16-21,25-30,32,35-37,39-41,44,50,53,62,66-69,71,75-76H,4-6,13-15,22-24,31,33-34,38,42-43,45-49,51-52,54-61H2,1-3H3,(H,77,78)/b10-7-,11-8-,12-9-,19-16-,20-17-,21-18-,28-25-,29-26-,30-27-,35-32-,39-36-,40-37-,44-41-,53-50-. The number of aliphatic carboxylic acids is 1. The van der Waals surface area contributed by atoms with Gasteiger partial charge in [-0.05, 0) is 135 Å². The molecule has 0 amide bonds. The number of allylic oxidation sites excluding steroid dienone is 28. The molecule has 3 N–H and O–H groups in total. The average Bonchev–Trinajstić information content (AvgIpc) is 3.55. The Morgan fingerprint density at radius 2 is 0.747 bits per heavy atom. The van der Waals surface area contributed by atoms with E-state index in [1.165, 1.54) is 0 Å². The molecule has 6 atom stereocenters. The van der Waals surface area contributed by atoms with E-state index in [1.807, 2.05) is 18.2 Å². The summed E-state index contributed by atoms with van der Waals surface area (Å²) < 4.78 is 28.3. The molecule has 0 radical (unpaired) electrons. The molecular formula is C71H106O12. The number of unbranched alkanes of at least 4 members (excludes halogenated alkanes) is 8. The van der Waals surface area contributed by atoms with Crippen LogP contribution in [0.15, 0.2) is 170 Å². The normalized spacial score (nSPS) is 18.8. The molecule has 0 spiro atoms. The molecular weight excluding hydrogens is 1040 g/mol. The fourth-order valence-electron chi connectivity index (χ4n) is 8.14. The first-order chi connectivity index (χ1) is 40.6. The lowest BCUT2D eigenvalue weighted by atomic mass is 9.98. The van der Waals surface area contributed by atoms with Crippen molar-refractivity contribution in [2.24, 2.45) is 0 Å². The Bertz CT molecular complexity index is 2090. The molecule has 12 heteroatoms. The number of aliphatic hydroxyl groups is 2. The number of esters is 3. The summed E-state index contributed by atoms with van der Waals surface area (Å²) >= 11 is 0. The lowest BCUT2D eigenvalue weighted by Crippen LogP contribution is -2.61. The van der Waals surface area contributed by atoms with Gasteiger partial charge < -0.3 is 39.0 Å². The van der Waals surface area contributed by atoms with Gasteiger partial charge in [-0.3, -0.25) is 14.4 Å². The number of rotatable bonds is 50. The van der Waals surface area contributed by atoms with Gasteiger partial charge in [0.15, 0.2) is 24.6 Å². The van der Waals surface area contributed by atoms with Crippen molar-refractivity contribution in [2.75, 3.05) is 13.2 Å². The number of carbonyl (C=O) groups is 4. The van der Waals surface area contributed by atoms with Gasteiger partial charge in [-0.15, -0.1) is 0 Å². The molecule has 1 rings (SSSR count). The Kier molecular flexibility index (Phi) is 51.2. The van der Waals surface area contributed by atoms with Gasteiger partial charge in [0, 0.05) is 19.3 Å². The van der Waals surface area contributed by atoms with E-state index in [4.69, 9.17) is 23.7 Å². The molecule has 0 aromatic carbocycles. The van der Waals surface area contributed by atoms with Crippen LogP contribution >= 0.6 is 0 Å². The van der Waals surface area contributed by atoms with Gasteiger partial charge in [0.1, 0.15) is 18.8 Å². The highest BCUT2D eigenvalue weighted by Gasteiger charge is 2.50. The number of carboxylic acid groups (broad SMARTS) is 1. The summed E-state index contributed by atoms with van der Waals surface area (Å²) in [6.07, 6.45) is 71.8. The zero-order valence-electron chi connectivity index (χ0n) is 50.9. The van der Waals surface area contributed by atoms with Crippen molar-refractivity contribution in [3.05, 3.63) is 170 Å². The van der Waals surface area contributed by atoms with Gasteiger partial charge in [0.2, 0.25) is 0 Å². The SMILES string of the molecule is CC/C=C\C/C=C\C/C=C\C/C=C\C/C=C\C/C=C\CCC(=O)OC1C(OCC(COC(=O)CCCCCC/C=C\C/C=C\C/C=C\C/C=C\CC)OC(=O)CCCCCC/C=C\C/C=C\C/C=C\C/C=C\CC)OC(C(=O)O)C(O)C1O. The lowest BCUT2D eigenvalue weighted by Gasteiger charge is -2.40. The topological polar surface area (TPSA) is 175 Å². The Labute approximate surface area is 500 Å². The van der Waals surface area contributed by atoms with E-state index >= 15 is 0 Å². The fraction of sp³-hybridized carbons (Fsp3) is 0.549. The number of carbonyl (C=O) groups excluding carboxylic acids is 3. The molecule has 0 aromatic heterocycles.